The minimum absolute atomic E-state index is 0.0248. The van der Waals surface area contributed by atoms with Crippen molar-refractivity contribution in [2.24, 2.45) is 17.3 Å². The molecular formula is C22H29F3O3. The Bertz CT molecular complexity index is 653. The predicted molar refractivity (Wildman–Crippen MR) is 97.9 cm³/mol. The summed E-state index contributed by atoms with van der Waals surface area (Å²) in [5, 5.41) is 0. The van der Waals surface area contributed by atoms with Crippen LogP contribution in [0.25, 0.3) is 0 Å². The first-order chi connectivity index (χ1) is 13.5. The summed E-state index contributed by atoms with van der Waals surface area (Å²) < 4.78 is 58.2. The molecule has 1 aromatic rings. The van der Waals surface area contributed by atoms with Crippen molar-refractivity contribution < 1.29 is 27.4 Å². The average Bonchev–Trinajstić information content (AvgIpc) is 2.73. The molecule has 0 N–H and O–H groups in total. The van der Waals surface area contributed by atoms with Crippen molar-refractivity contribution in [3.05, 3.63) is 35.1 Å². The second-order valence-corrected chi connectivity index (χ2v) is 8.75. The van der Waals surface area contributed by atoms with E-state index in [-0.39, 0.29) is 11.0 Å². The zero-order valence-electron chi connectivity index (χ0n) is 16.4. The summed E-state index contributed by atoms with van der Waals surface area (Å²) in [4.78, 5) is 0. The lowest BCUT2D eigenvalue weighted by molar-refractivity contribution is -0.486. The van der Waals surface area contributed by atoms with Crippen LogP contribution in [0.3, 0.4) is 0 Å². The minimum atomic E-state index is -1.63. The molecule has 6 heteroatoms. The highest BCUT2D eigenvalue weighted by Crippen LogP contribution is 2.52. The SMILES string of the molecule is CCCCCC1CCC(C23COC(c4cc(F)c(F)c(F)c4)(OC2)OC3)CC1. The Morgan fingerprint density at radius 2 is 1.46 bits per heavy atom. The van der Waals surface area contributed by atoms with E-state index < -0.39 is 23.4 Å². The molecule has 1 saturated carbocycles. The van der Waals surface area contributed by atoms with Crippen LogP contribution in [0.4, 0.5) is 13.2 Å². The van der Waals surface area contributed by atoms with Gasteiger partial charge in [0, 0.05) is 11.0 Å². The zero-order valence-corrected chi connectivity index (χ0v) is 16.4. The van der Waals surface area contributed by atoms with Crippen LogP contribution in [0.2, 0.25) is 0 Å². The van der Waals surface area contributed by atoms with Gasteiger partial charge in [-0.25, -0.2) is 13.2 Å². The molecular weight excluding hydrogens is 369 g/mol. The fourth-order valence-electron chi connectivity index (χ4n) is 5.05. The van der Waals surface area contributed by atoms with E-state index in [1.807, 2.05) is 0 Å². The number of hydrogen-bond acceptors (Lipinski definition) is 3. The first-order valence-corrected chi connectivity index (χ1v) is 10.5. The summed E-state index contributed by atoms with van der Waals surface area (Å²) in [7, 11) is 0. The van der Waals surface area contributed by atoms with Crippen molar-refractivity contribution in [3.8, 4) is 0 Å². The van der Waals surface area contributed by atoms with Crippen LogP contribution in [0.1, 0.15) is 63.9 Å². The Morgan fingerprint density at radius 1 is 0.893 bits per heavy atom. The molecule has 4 fully saturated rings. The monoisotopic (exact) mass is 398 g/mol. The largest absolute Gasteiger partial charge is 0.323 e. The highest BCUT2D eigenvalue weighted by atomic mass is 19.2. The third-order valence-corrected chi connectivity index (χ3v) is 6.92. The fourth-order valence-corrected chi connectivity index (χ4v) is 5.05. The molecule has 0 radical (unpaired) electrons. The molecule has 3 nitrogen and oxygen atoms in total. The molecule has 1 aliphatic carbocycles. The molecule has 1 aromatic carbocycles. The van der Waals surface area contributed by atoms with E-state index in [1.165, 1.54) is 38.5 Å². The predicted octanol–water partition coefficient (Wildman–Crippen LogP) is 5.66. The second kappa shape index (κ2) is 7.96. The van der Waals surface area contributed by atoms with E-state index in [9.17, 15) is 13.2 Å². The van der Waals surface area contributed by atoms with Gasteiger partial charge in [0.25, 0.3) is 0 Å². The molecule has 2 bridgehead atoms. The molecule has 5 rings (SSSR count). The molecule has 156 valence electrons. The van der Waals surface area contributed by atoms with E-state index in [0.29, 0.717) is 25.7 Å². The van der Waals surface area contributed by atoms with Crippen molar-refractivity contribution in [1.82, 2.24) is 0 Å². The van der Waals surface area contributed by atoms with Gasteiger partial charge in [0.2, 0.25) is 0 Å². The maximum absolute atomic E-state index is 13.6. The number of hydrogen-bond donors (Lipinski definition) is 0. The number of halogens is 3. The van der Waals surface area contributed by atoms with Crippen molar-refractivity contribution in [1.29, 1.82) is 0 Å². The highest BCUT2D eigenvalue weighted by molar-refractivity contribution is 5.23. The number of fused-ring (bicyclic) bond motifs is 3. The van der Waals surface area contributed by atoms with Gasteiger partial charge in [-0.2, -0.15) is 0 Å². The lowest BCUT2D eigenvalue weighted by Crippen LogP contribution is -2.61. The standard InChI is InChI=1S/C22H29F3O3/c1-2-3-4-5-15-6-8-16(9-7-15)21-12-26-22(27-13-21,28-14-21)17-10-18(23)20(25)19(24)11-17/h10-11,15-16H,2-9,12-14H2,1H3. The first kappa shape index (κ1) is 20.2. The summed E-state index contributed by atoms with van der Waals surface area (Å²) in [6, 6.07) is 1.77. The smallest absolute Gasteiger partial charge is 0.312 e. The molecule has 3 heterocycles. The Hall–Kier alpha value is -1.11. The number of benzene rings is 1. The second-order valence-electron chi connectivity index (χ2n) is 8.75. The quantitative estimate of drug-likeness (QED) is 0.457. The Balaban J connectivity index is 1.39. The number of unbranched alkanes of at least 4 members (excludes halogenated alkanes) is 2. The summed E-state index contributed by atoms with van der Waals surface area (Å²) in [5.41, 5.74) is -0.176. The summed E-state index contributed by atoms with van der Waals surface area (Å²) in [6.07, 6.45) is 9.95. The van der Waals surface area contributed by atoms with Crippen LogP contribution in [-0.2, 0) is 20.2 Å². The van der Waals surface area contributed by atoms with Crippen molar-refractivity contribution in [3.63, 3.8) is 0 Å². The molecule has 4 aliphatic rings. The fraction of sp³-hybridized carbons (Fsp3) is 0.727. The average molecular weight is 398 g/mol. The normalized spacial score (nSPS) is 35.3. The van der Waals surface area contributed by atoms with E-state index in [2.05, 4.69) is 6.92 Å². The van der Waals surface area contributed by atoms with Gasteiger partial charge in [-0.05, 0) is 36.8 Å². The first-order valence-electron chi connectivity index (χ1n) is 10.5. The van der Waals surface area contributed by atoms with Gasteiger partial charge in [0.05, 0.1) is 19.8 Å². The highest BCUT2D eigenvalue weighted by Gasteiger charge is 2.57. The van der Waals surface area contributed by atoms with Crippen LogP contribution in [0.5, 0.6) is 0 Å². The van der Waals surface area contributed by atoms with Crippen LogP contribution in [-0.4, -0.2) is 19.8 Å². The topological polar surface area (TPSA) is 27.7 Å². The molecule has 0 amide bonds. The summed E-state index contributed by atoms with van der Waals surface area (Å²) >= 11 is 0. The minimum Gasteiger partial charge on any atom is -0.323 e. The molecule has 3 aliphatic heterocycles. The third-order valence-electron chi connectivity index (χ3n) is 6.92. The molecule has 0 spiro atoms. The van der Waals surface area contributed by atoms with Gasteiger partial charge in [0.1, 0.15) is 0 Å². The summed E-state index contributed by atoms with van der Waals surface area (Å²) in [5.74, 6) is -4.40. The molecule has 28 heavy (non-hydrogen) atoms. The van der Waals surface area contributed by atoms with Crippen LogP contribution in [0, 0.1) is 34.7 Å². The Morgan fingerprint density at radius 3 is 2.00 bits per heavy atom. The van der Waals surface area contributed by atoms with Gasteiger partial charge in [-0.1, -0.05) is 45.4 Å². The molecule has 0 unspecified atom stereocenters. The van der Waals surface area contributed by atoms with E-state index in [0.717, 1.165) is 30.9 Å². The lowest BCUT2D eigenvalue weighted by Gasteiger charge is -2.55. The van der Waals surface area contributed by atoms with Crippen LogP contribution < -0.4 is 0 Å². The summed E-state index contributed by atoms with van der Waals surface area (Å²) in [6.45, 7) is 3.52. The molecule has 0 atom stereocenters. The third kappa shape index (κ3) is 3.59. The van der Waals surface area contributed by atoms with E-state index in [4.69, 9.17) is 14.2 Å². The number of rotatable bonds is 6. The van der Waals surface area contributed by atoms with Gasteiger partial charge in [-0.15, -0.1) is 0 Å². The zero-order chi connectivity index (χ0) is 19.8. The van der Waals surface area contributed by atoms with Gasteiger partial charge < -0.3 is 14.2 Å². The lowest BCUT2D eigenvalue weighted by atomic mass is 9.66. The van der Waals surface area contributed by atoms with Gasteiger partial charge >= 0.3 is 5.97 Å². The molecule has 0 aromatic heterocycles. The van der Waals surface area contributed by atoms with Gasteiger partial charge in [0.15, 0.2) is 17.5 Å². The molecule has 3 saturated heterocycles. The van der Waals surface area contributed by atoms with E-state index in [1.54, 1.807) is 0 Å². The maximum atomic E-state index is 13.6. The van der Waals surface area contributed by atoms with Crippen LogP contribution >= 0.6 is 0 Å². The van der Waals surface area contributed by atoms with Crippen molar-refractivity contribution >= 4 is 0 Å². The van der Waals surface area contributed by atoms with Gasteiger partial charge in [-0.3, -0.25) is 0 Å². The Kier molecular flexibility index (Phi) is 5.73. The number of ether oxygens (including phenoxy) is 3. The van der Waals surface area contributed by atoms with Crippen molar-refractivity contribution in [2.75, 3.05) is 19.8 Å². The Labute approximate surface area is 164 Å². The van der Waals surface area contributed by atoms with E-state index >= 15 is 0 Å². The van der Waals surface area contributed by atoms with Crippen molar-refractivity contribution in [2.45, 2.75) is 64.3 Å². The maximum Gasteiger partial charge on any atom is 0.312 e. The van der Waals surface area contributed by atoms with Crippen LogP contribution in [0.15, 0.2) is 12.1 Å².